The summed E-state index contributed by atoms with van der Waals surface area (Å²) in [7, 11) is 2.15. The first-order chi connectivity index (χ1) is 11.4. The predicted molar refractivity (Wildman–Crippen MR) is 95.5 cm³/mol. The molecule has 1 aromatic rings. The van der Waals surface area contributed by atoms with Crippen molar-refractivity contribution < 1.29 is 4.79 Å². The molecule has 3 rings (SSSR count). The summed E-state index contributed by atoms with van der Waals surface area (Å²) in [6.07, 6.45) is 0. The molecular weight excluding hydrogens is 304 g/mol. The molecule has 132 valence electrons. The number of amides is 1. The first-order valence-corrected chi connectivity index (χ1v) is 8.77. The van der Waals surface area contributed by atoms with Gasteiger partial charge in [0.05, 0.1) is 11.7 Å². The highest BCUT2D eigenvalue weighted by molar-refractivity contribution is 5.74. The van der Waals surface area contributed by atoms with Crippen molar-refractivity contribution in [3.05, 3.63) is 11.8 Å². The lowest BCUT2D eigenvalue weighted by molar-refractivity contribution is -0.132. The molecule has 0 aliphatic carbocycles. The van der Waals surface area contributed by atoms with E-state index in [4.69, 9.17) is 9.97 Å². The number of nitrogens with one attached hydrogen (secondary N) is 1. The largest absolute Gasteiger partial charge is 0.364 e. The summed E-state index contributed by atoms with van der Waals surface area (Å²) in [5.41, 5.74) is 1.06. The van der Waals surface area contributed by atoms with Crippen molar-refractivity contribution in [3.8, 4) is 0 Å². The van der Waals surface area contributed by atoms with Crippen LogP contribution < -0.4 is 10.2 Å². The van der Waals surface area contributed by atoms with Crippen LogP contribution in [0.2, 0.25) is 0 Å². The third kappa shape index (κ3) is 3.77. The molecule has 7 heteroatoms. The number of piperazine rings is 1. The third-order valence-corrected chi connectivity index (χ3v) is 4.79. The molecule has 1 N–H and O–H groups in total. The number of carbonyl (C=O) groups excluding carboxylic acids is 1. The van der Waals surface area contributed by atoms with E-state index < -0.39 is 0 Å². The van der Waals surface area contributed by atoms with E-state index in [0.717, 1.165) is 56.7 Å². The van der Waals surface area contributed by atoms with Gasteiger partial charge in [0.1, 0.15) is 5.82 Å². The lowest BCUT2D eigenvalue weighted by atomic mass is 10.1. The molecule has 1 amide bonds. The predicted octanol–water partition coefficient (Wildman–Crippen LogP) is 0.994. The van der Waals surface area contributed by atoms with Gasteiger partial charge in [-0.2, -0.15) is 4.98 Å². The van der Waals surface area contributed by atoms with Crippen molar-refractivity contribution in [1.29, 1.82) is 0 Å². The standard InChI is InChI=1S/C17H28N6O/c1-12(2)15-9-16(18-14-10-23(11-14)13(3)24)20-17(19-15)22-7-5-21(4)6-8-22/h9,12,14H,5-8,10-11H2,1-4H3,(H,18,19,20). The average molecular weight is 332 g/mol. The van der Waals surface area contributed by atoms with E-state index in [0.29, 0.717) is 5.92 Å². The second-order valence-corrected chi connectivity index (χ2v) is 7.19. The number of anilines is 2. The Bertz CT molecular complexity index is 591. The second kappa shape index (κ2) is 6.93. The van der Waals surface area contributed by atoms with Crippen LogP contribution in [0.5, 0.6) is 0 Å². The Labute approximate surface area is 144 Å². The van der Waals surface area contributed by atoms with Crippen LogP contribution in [0.25, 0.3) is 0 Å². The highest BCUT2D eigenvalue weighted by Gasteiger charge is 2.29. The number of rotatable bonds is 4. The summed E-state index contributed by atoms with van der Waals surface area (Å²) >= 11 is 0. The number of hydrogen-bond acceptors (Lipinski definition) is 6. The third-order valence-electron chi connectivity index (χ3n) is 4.79. The van der Waals surface area contributed by atoms with Gasteiger partial charge >= 0.3 is 0 Å². The number of likely N-dealkylation sites (N-methyl/N-ethyl adjacent to an activating group) is 1. The van der Waals surface area contributed by atoms with Crippen LogP contribution in [0.1, 0.15) is 32.4 Å². The van der Waals surface area contributed by atoms with Crippen LogP contribution in [0.3, 0.4) is 0 Å². The van der Waals surface area contributed by atoms with E-state index in [2.05, 4.69) is 36.0 Å². The molecule has 0 atom stereocenters. The van der Waals surface area contributed by atoms with E-state index in [1.165, 1.54) is 0 Å². The Kier molecular flexibility index (Phi) is 4.89. The van der Waals surface area contributed by atoms with Gasteiger partial charge in [0.15, 0.2) is 0 Å². The summed E-state index contributed by atoms with van der Waals surface area (Å²) in [5, 5.41) is 3.46. The zero-order valence-corrected chi connectivity index (χ0v) is 15.1. The summed E-state index contributed by atoms with van der Waals surface area (Å²) in [5.74, 6) is 2.18. The van der Waals surface area contributed by atoms with Gasteiger partial charge < -0.3 is 20.0 Å². The topological polar surface area (TPSA) is 64.6 Å². The fourth-order valence-corrected chi connectivity index (χ4v) is 3.01. The van der Waals surface area contributed by atoms with Gasteiger partial charge in [-0.15, -0.1) is 0 Å². The minimum Gasteiger partial charge on any atom is -0.364 e. The summed E-state index contributed by atoms with van der Waals surface area (Å²) in [6.45, 7) is 11.4. The number of hydrogen-bond donors (Lipinski definition) is 1. The van der Waals surface area contributed by atoms with E-state index in [1.807, 2.05) is 11.0 Å². The van der Waals surface area contributed by atoms with Crippen LogP contribution in [0.4, 0.5) is 11.8 Å². The minimum atomic E-state index is 0.136. The highest BCUT2D eigenvalue weighted by atomic mass is 16.2. The normalized spacial score (nSPS) is 19.5. The number of carbonyl (C=O) groups is 1. The molecule has 2 fully saturated rings. The first-order valence-electron chi connectivity index (χ1n) is 8.77. The monoisotopic (exact) mass is 332 g/mol. The molecule has 0 spiro atoms. The van der Waals surface area contributed by atoms with E-state index in [1.54, 1.807) is 6.92 Å². The number of nitrogens with zero attached hydrogens (tertiary/aromatic N) is 5. The molecule has 2 aliphatic rings. The summed E-state index contributed by atoms with van der Waals surface area (Å²) < 4.78 is 0. The quantitative estimate of drug-likeness (QED) is 0.887. The van der Waals surface area contributed by atoms with Gasteiger partial charge in [-0.05, 0) is 13.0 Å². The molecule has 0 radical (unpaired) electrons. The average Bonchev–Trinajstić information content (AvgIpc) is 2.50. The Morgan fingerprint density at radius 3 is 2.46 bits per heavy atom. The van der Waals surface area contributed by atoms with E-state index >= 15 is 0 Å². The van der Waals surface area contributed by atoms with Gasteiger partial charge in [-0.1, -0.05) is 13.8 Å². The van der Waals surface area contributed by atoms with Crippen LogP contribution in [-0.4, -0.2) is 78.0 Å². The Morgan fingerprint density at radius 2 is 1.88 bits per heavy atom. The summed E-state index contributed by atoms with van der Waals surface area (Å²) in [4.78, 5) is 27.2. The van der Waals surface area contributed by atoms with Crippen molar-refractivity contribution in [3.63, 3.8) is 0 Å². The van der Waals surface area contributed by atoms with Crippen LogP contribution >= 0.6 is 0 Å². The SMILES string of the molecule is CC(=O)N1CC(Nc2cc(C(C)C)nc(N3CCN(C)CC3)n2)C1. The van der Waals surface area contributed by atoms with Crippen LogP contribution in [-0.2, 0) is 4.79 Å². The lowest BCUT2D eigenvalue weighted by Gasteiger charge is -2.39. The molecule has 2 aliphatic heterocycles. The lowest BCUT2D eigenvalue weighted by Crippen LogP contribution is -2.56. The Morgan fingerprint density at radius 1 is 1.21 bits per heavy atom. The molecule has 3 heterocycles. The molecule has 2 saturated heterocycles. The molecule has 0 bridgehead atoms. The summed E-state index contributed by atoms with van der Waals surface area (Å²) in [6, 6.07) is 2.32. The molecule has 24 heavy (non-hydrogen) atoms. The van der Waals surface area contributed by atoms with E-state index in [-0.39, 0.29) is 11.9 Å². The molecule has 1 aromatic heterocycles. The van der Waals surface area contributed by atoms with Crippen LogP contribution in [0, 0.1) is 0 Å². The number of aromatic nitrogens is 2. The smallest absolute Gasteiger partial charge is 0.227 e. The van der Waals surface area contributed by atoms with Gasteiger partial charge in [-0.25, -0.2) is 4.98 Å². The Hall–Kier alpha value is -1.89. The van der Waals surface area contributed by atoms with Gasteiger partial charge in [0, 0.05) is 52.3 Å². The zero-order valence-electron chi connectivity index (χ0n) is 15.1. The highest BCUT2D eigenvalue weighted by Crippen LogP contribution is 2.22. The maximum Gasteiger partial charge on any atom is 0.227 e. The van der Waals surface area contributed by atoms with E-state index in [9.17, 15) is 4.79 Å². The molecular formula is C17H28N6O. The second-order valence-electron chi connectivity index (χ2n) is 7.19. The maximum atomic E-state index is 11.3. The van der Waals surface area contributed by atoms with Crippen LogP contribution in [0.15, 0.2) is 6.07 Å². The molecule has 0 aromatic carbocycles. The van der Waals surface area contributed by atoms with Crippen molar-refractivity contribution in [2.45, 2.75) is 32.7 Å². The van der Waals surface area contributed by atoms with Gasteiger partial charge in [0.25, 0.3) is 0 Å². The zero-order chi connectivity index (χ0) is 17.3. The molecule has 0 unspecified atom stereocenters. The van der Waals surface area contributed by atoms with Crippen molar-refractivity contribution in [1.82, 2.24) is 19.8 Å². The maximum absolute atomic E-state index is 11.3. The molecule has 7 nitrogen and oxygen atoms in total. The minimum absolute atomic E-state index is 0.136. The van der Waals surface area contributed by atoms with Gasteiger partial charge in [0.2, 0.25) is 11.9 Å². The number of likely N-dealkylation sites (tertiary alicyclic amines) is 1. The first kappa shape index (κ1) is 17.0. The fourth-order valence-electron chi connectivity index (χ4n) is 3.01. The van der Waals surface area contributed by atoms with Gasteiger partial charge in [-0.3, -0.25) is 4.79 Å². The fraction of sp³-hybridized carbons (Fsp3) is 0.706. The van der Waals surface area contributed by atoms with Crippen molar-refractivity contribution >= 4 is 17.7 Å². The van der Waals surface area contributed by atoms with Crippen molar-refractivity contribution in [2.75, 3.05) is 56.5 Å². The Balaban J connectivity index is 1.73. The molecule has 0 saturated carbocycles. The van der Waals surface area contributed by atoms with Crippen molar-refractivity contribution in [2.24, 2.45) is 0 Å².